The van der Waals surface area contributed by atoms with Gasteiger partial charge in [0.15, 0.2) is 0 Å². The molecule has 2 atom stereocenters. The summed E-state index contributed by atoms with van der Waals surface area (Å²) in [5.74, 6) is 0.279. The molecule has 1 saturated heterocycles. The third-order valence-corrected chi connectivity index (χ3v) is 4.81. The van der Waals surface area contributed by atoms with Gasteiger partial charge in [0.05, 0.1) is 11.8 Å². The van der Waals surface area contributed by atoms with Crippen LogP contribution in [-0.4, -0.2) is 39.7 Å². The molecule has 0 spiro atoms. The van der Waals surface area contributed by atoms with Crippen molar-refractivity contribution < 1.29 is 9.90 Å². The van der Waals surface area contributed by atoms with Crippen molar-refractivity contribution in [3.63, 3.8) is 0 Å². The molecule has 0 saturated carbocycles. The van der Waals surface area contributed by atoms with Crippen LogP contribution in [0.15, 0.2) is 36.0 Å². The van der Waals surface area contributed by atoms with Gasteiger partial charge in [0.1, 0.15) is 4.88 Å². The summed E-state index contributed by atoms with van der Waals surface area (Å²) >= 11 is 1.48. The Balaban J connectivity index is 1.81. The molecular formula is C15H18N2O2S. The highest BCUT2D eigenvalue weighted by Crippen LogP contribution is 2.27. The van der Waals surface area contributed by atoms with Gasteiger partial charge in [-0.3, -0.25) is 4.79 Å². The molecule has 2 aromatic heterocycles. The van der Waals surface area contributed by atoms with E-state index >= 15 is 0 Å². The summed E-state index contributed by atoms with van der Waals surface area (Å²) in [4.78, 5) is 15.3. The molecule has 1 fully saturated rings. The van der Waals surface area contributed by atoms with Gasteiger partial charge in [-0.15, -0.1) is 11.3 Å². The quantitative estimate of drug-likeness (QED) is 0.943. The smallest absolute Gasteiger partial charge is 0.266 e. The fraction of sp³-hybridized carbons (Fsp3) is 0.400. The molecule has 20 heavy (non-hydrogen) atoms. The van der Waals surface area contributed by atoms with E-state index < -0.39 is 0 Å². The highest BCUT2D eigenvalue weighted by atomic mass is 32.1. The Morgan fingerprint density at radius 1 is 1.45 bits per heavy atom. The highest BCUT2D eigenvalue weighted by Gasteiger charge is 2.31. The number of rotatable bonds is 3. The van der Waals surface area contributed by atoms with Crippen molar-refractivity contribution in [1.29, 1.82) is 0 Å². The number of carbonyl (C=O) groups is 1. The lowest BCUT2D eigenvalue weighted by atomic mass is 10.0. The Kier molecular flexibility index (Phi) is 3.63. The predicted molar refractivity (Wildman–Crippen MR) is 79.3 cm³/mol. The Morgan fingerprint density at radius 3 is 2.85 bits per heavy atom. The predicted octanol–water partition coefficient (Wildman–Crippen LogP) is 2.38. The molecular weight excluding hydrogens is 272 g/mol. The Morgan fingerprint density at radius 2 is 2.20 bits per heavy atom. The molecule has 1 aliphatic rings. The van der Waals surface area contributed by atoms with Gasteiger partial charge in [0.25, 0.3) is 5.91 Å². The fourth-order valence-electron chi connectivity index (χ4n) is 2.67. The van der Waals surface area contributed by atoms with E-state index in [1.807, 2.05) is 45.4 Å². The van der Waals surface area contributed by atoms with Gasteiger partial charge in [0.2, 0.25) is 0 Å². The molecule has 5 heteroatoms. The second kappa shape index (κ2) is 5.42. The van der Waals surface area contributed by atoms with E-state index in [1.165, 1.54) is 11.3 Å². The average molecular weight is 290 g/mol. The van der Waals surface area contributed by atoms with Crippen molar-refractivity contribution in [3.8, 4) is 5.69 Å². The maximum absolute atomic E-state index is 12.6. The minimum atomic E-state index is -0.347. The molecule has 3 rings (SSSR count). The van der Waals surface area contributed by atoms with Crippen molar-refractivity contribution in [2.24, 2.45) is 5.92 Å². The summed E-state index contributed by atoms with van der Waals surface area (Å²) in [7, 11) is 0. The number of likely N-dealkylation sites (tertiary alicyclic amines) is 1. The molecule has 4 nitrogen and oxygen atoms in total. The molecule has 2 aromatic rings. The first kappa shape index (κ1) is 13.4. The van der Waals surface area contributed by atoms with Crippen LogP contribution in [-0.2, 0) is 0 Å². The number of aromatic nitrogens is 1. The van der Waals surface area contributed by atoms with Crippen molar-refractivity contribution in [1.82, 2.24) is 9.47 Å². The summed E-state index contributed by atoms with van der Waals surface area (Å²) in [5.41, 5.74) is 0.936. The lowest BCUT2D eigenvalue weighted by molar-refractivity contribution is 0.0767. The number of hydrogen-bond donors (Lipinski definition) is 1. The standard InChI is InChI=1S/C15H18N2O2S/c1-11(18)12-4-8-17(10-12)15(19)14-13(5-9-20-14)16-6-2-3-7-16/h2-3,5-7,9,11-12,18H,4,8,10H2,1H3. The maximum atomic E-state index is 12.6. The minimum absolute atomic E-state index is 0.0758. The zero-order chi connectivity index (χ0) is 14.1. The number of nitrogens with zero attached hydrogens (tertiary/aromatic N) is 2. The van der Waals surface area contributed by atoms with E-state index in [-0.39, 0.29) is 17.9 Å². The number of hydrogen-bond acceptors (Lipinski definition) is 3. The van der Waals surface area contributed by atoms with Crippen molar-refractivity contribution in [2.75, 3.05) is 13.1 Å². The first-order valence-electron chi connectivity index (χ1n) is 6.85. The summed E-state index contributed by atoms with van der Waals surface area (Å²) in [6, 6.07) is 5.87. The monoisotopic (exact) mass is 290 g/mol. The third-order valence-electron chi connectivity index (χ3n) is 3.92. The van der Waals surface area contributed by atoms with E-state index in [9.17, 15) is 9.90 Å². The van der Waals surface area contributed by atoms with Gasteiger partial charge < -0.3 is 14.6 Å². The van der Waals surface area contributed by atoms with Crippen LogP contribution in [0.3, 0.4) is 0 Å². The molecule has 106 valence electrons. The number of carbonyl (C=O) groups excluding carboxylic acids is 1. The Bertz CT molecular complexity index is 589. The lowest BCUT2D eigenvalue weighted by Gasteiger charge is -2.18. The summed E-state index contributed by atoms with van der Waals surface area (Å²) in [6.45, 7) is 3.19. The van der Waals surface area contributed by atoms with Gasteiger partial charge in [-0.25, -0.2) is 0 Å². The highest BCUT2D eigenvalue weighted by molar-refractivity contribution is 7.12. The SMILES string of the molecule is CC(O)C1CCN(C(=O)c2sccc2-n2cccc2)C1. The van der Waals surface area contributed by atoms with E-state index in [4.69, 9.17) is 0 Å². The van der Waals surface area contributed by atoms with E-state index in [0.29, 0.717) is 6.54 Å². The normalized spacial score (nSPS) is 20.3. The van der Waals surface area contributed by atoms with Crippen LogP contribution in [0.25, 0.3) is 5.69 Å². The summed E-state index contributed by atoms with van der Waals surface area (Å²) in [5, 5.41) is 11.6. The second-order valence-corrected chi connectivity index (χ2v) is 6.18. The van der Waals surface area contributed by atoms with Crippen LogP contribution >= 0.6 is 11.3 Å². The van der Waals surface area contributed by atoms with Crippen LogP contribution in [0.1, 0.15) is 23.0 Å². The molecule has 3 heterocycles. The van der Waals surface area contributed by atoms with Crippen LogP contribution in [0.2, 0.25) is 0 Å². The number of thiophene rings is 1. The lowest BCUT2D eigenvalue weighted by Crippen LogP contribution is -2.30. The van der Waals surface area contributed by atoms with E-state index in [0.717, 1.165) is 23.5 Å². The second-order valence-electron chi connectivity index (χ2n) is 5.27. The van der Waals surface area contributed by atoms with Crippen LogP contribution in [0.5, 0.6) is 0 Å². The third kappa shape index (κ3) is 2.39. The van der Waals surface area contributed by atoms with Gasteiger partial charge in [0, 0.05) is 31.4 Å². The largest absolute Gasteiger partial charge is 0.393 e. The topological polar surface area (TPSA) is 45.5 Å². The van der Waals surface area contributed by atoms with Crippen LogP contribution in [0, 0.1) is 5.92 Å². The number of amides is 1. The first-order chi connectivity index (χ1) is 9.66. The Hall–Kier alpha value is -1.59. The van der Waals surface area contributed by atoms with E-state index in [2.05, 4.69) is 0 Å². The number of aliphatic hydroxyl groups excluding tert-OH is 1. The van der Waals surface area contributed by atoms with Gasteiger partial charge >= 0.3 is 0 Å². The molecule has 0 aromatic carbocycles. The molecule has 0 bridgehead atoms. The van der Waals surface area contributed by atoms with Crippen molar-refractivity contribution in [3.05, 3.63) is 40.8 Å². The molecule has 0 radical (unpaired) electrons. The van der Waals surface area contributed by atoms with Crippen molar-refractivity contribution in [2.45, 2.75) is 19.4 Å². The molecule has 1 amide bonds. The minimum Gasteiger partial charge on any atom is -0.393 e. The van der Waals surface area contributed by atoms with E-state index in [1.54, 1.807) is 6.92 Å². The Labute approximate surface area is 122 Å². The van der Waals surface area contributed by atoms with Gasteiger partial charge in [-0.05, 0) is 36.9 Å². The van der Waals surface area contributed by atoms with Gasteiger partial charge in [-0.2, -0.15) is 0 Å². The summed E-state index contributed by atoms with van der Waals surface area (Å²) < 4.78 is 1.96. The maximum Gasteiger partial charge on any atom is 0.266 e. The summed E-state index contributed by atoms with van der Waals surface area (Å²) in [6.07, 6.45) is 4.43. The number of aliphatic hydroxyl groups is 1. The fourth-order valence-corrected chi connectivity index (χ4v) is 3.53. The molecule has 1 aliphatic heterocycles. The first-order valence-corrected chi connectivity index (χ1v) is 7.73. The zero-order valence-corrected chi connectivity index (χ0v) is 12.2. The average Bonchev–Trinajstić information content (AvgIpc) is 3.17. The molecule has 1 N–H and O–H groups in total. The molecule has 0 aliphatic carbocycles. The van der Waals surface area contributed by atoms with Crippen molar-refractivity contribution >= 4 is 17.2 Å². The molecule has 2 unspecified atom stereocenters. The van der Waals surface area contributed by atoms with Gasteiger partial charge in [-0.1, -0.05) is 0 Å². The van der Waals surface area contributed by atoms with Crippen LogP contribution in [0.4, 0.5) is 0 Å². The van der Waals surface area contributed by atoms with Crippen LogP contribution < -0.4 is 0 Å². The zero-order valence-electron chi connectivity index (χ0n) is 11.4.